The predicted molar refractivity (Wildman–Crippen MR) is 98.2 cm³/mol. The molecule has 7 heteroatoms. The first-order valence-electron chi connectivity index (χ1n) is 8.37. The van der Waals surface area contributed by atoms with Crippen molar-refractivity contribution in [2.45, 2.75) is 20.3 Å². The van der Waals surface area contributed by atoms with Gasteiger partial charge in [-0.3, -0.25) is 19.3 Å². The number of benzene rings is 1. The highest BCUT2D eigenvalue weighted by atomic mass is 16.2. The molecule has 0 atom stereocenters. The van der Waals surface area contributed by atoms with Crippen molar-refractivity contribution < 1.29 is 14.4 Å². The summed E-state index contributed by atoms with van der Waals surface area (Å²) in [6, 6.07) is 7.45. The minimum absolute atomic E-state index is 0.0391. The standard InChI is InChI=1S/C18H28N4O3/c1-5-10-19-16(23)11-21(3)13-18(25)22(4)12-17(24)20-15-8-6-14(2)7-9-15/h6-9H,5,10-13H2,1-4H3,(H,19,23)(H,20,24). The number of rotatable bonds is 9. The Hall–Kier alpha value is -2.41. The highest BCUT2D eigenvalue weighted by molar-refractivity contribution is 5.94. The molecule has 0 saturated carbocycles. The minimum atomic E-state index is -0.261. The van der Waals surface area contributed by atoms with Gasteiger partial charge in [0.2, 0.25) is 17.7 Å². The zero-order valence-electron chi connectivity index (χ0n) is 15.5. The van der Waals surface area contributed by atoms with Crippen LogP contribution in [0.2, 0.25) is 0 Å². The van der Waals surface area contributed by atoms with Gasteiger partial charge in [-0.15, -0.1) is 0 Å². The largest absolute Gasteiger partial charge is 0.355 e. The van der Waals surface area contributed by atoms with E-state index in [0.29, 0.717) is 12.2 Å². The van der Waals surface area contributed by atoms with Gasteiger partial charge >= 0.3 is 0 Å². The van der Waals surface area contributed by atoms with Gasteiger partial charge in [-0.2, -0.15) is 0 Å². The molecule has 1 aromatic carbocycles. The topological polar surface area (TPSA) is 81.8 Å². The van der Waals surface area contributed by atoms with E-state index in [1.807, 2.05) is 38.1 Å². The van der Waals surface area contributed by atoms with E-state index in [4.69, 9.17) is 0 Å². The molecule has 0 radical (unpaired) electrons. The molecular formula is C18H28N4O3. The summed E-state index contributed by atoms with van der Waals surface area (Å²) in [4.78, 5) is 38.8. The second kappa shape index (κ2) is 10.5. The van der Waals surface area contributed by atoms with E-state index in [9.17, 15) is 14.4 Å². The normalized spacial score (nSPS) is 10.4. The van der Waals surface area contributed by atoms with Crippen LogP contribution in [0.15, 0.2) is 24.3 Å². The molecule has 0 saturated heterocycles. The number of amides is 3. The van der Waals surface area contributed by atoms with Crippen molar-refractivity contribution in [3.05, 3.63) is 29.8 Å². The molecule has 0 heterocycles. The zero-order valence-corrected chi connectivity index (χ0v) is 15.5. The molecule has 0 bridgehead atoms. The molecular weight excluding hydrogens is 320 g/mol. The van der Waals surface area contributed by atoms with Crippen molar-refractivity contribution in [2.75, 3.05) is 45.6 Å². The van der Waals surface area contributed by atoms with E-state index in [0.717, 1.165) is 12.0 Å². The maximum Gasteiger partial charge on any atom is 0.243 e. The molecule has 0 fully saturated rings. The van der Waals surface area contributed by atoms with Crippen molar-refractivity contribution in [1.29, 1.82) is 0 Å². The monoisotopic (exact) mass is 348 g/mol. The van der Waals surface area contributed by atoms with Gasteiger partial charge in [0.05, 0.1) is 19.6 Å². The van der Waals surface area contributed by atoms with Crippen LogP contribution >= 0.6 is 0 Å². The molecule has 0 aliphatic carbocycles. The van der Waals surface area contributed by atoms with Crippen LogP contribution in [0.3, 0.4) is 0 Å². The van der Waals surface area contributed by atoms with Gasteiger partial charge in [0.1, 0.15) is 0 Å². The lowest BCUT2D eigenvalue weighted by Crippen LogP contribution is -2.43. The molecule has 0 unspecified atom stereocenters. The highest BCUT2D eigenvalue weighted by Crippen LogP contribution is 2.08. The Kier molecular flexibility index (Phi) is 8.63. The first-order chi connectivity index (χ1) is 11.8. The Morgan fingerprint density at radius 3 is 2.20 bits per heavy atom. The summed E-state index contributed by atoms with van der Waals surface area (Å²) < 4.78 is 0. The fourth-order valence-electron chi connectivity index (χ4n) is 2.11. The van der Waals surface area contributed by atoms with Crippen LogP contribution in [0.4, 0.5) is 5.69 Å². The molecule has 25 heavy (non-hydrogen) atoms. The molecule has 7 nitrogen and oxygen atoms in total. The summed E-state index contributed by atoms with van der Waals surface area (Å²) in [6.45, 7) is 4.76. The number of likely N-dealkylation sites (N-methyl/N-ethyl adjacent to an activating group) is 2. The molecule has 0 spiro atoms. The van der Waals surface area contributed by atoms with E-state index in [-0.39, 0.29) is 37.4 Å². The second-order valence-corrected chi connectivity index (χ2v) is 6.19. The van der Waals surface area contributed by atoms with Crippen LogP contribution in [0.1, 0.15) is 18.9 Å². The molecule has 2 N–H and O–H groups in total. The Balaban J connectivity index is 2.38. The lowest BCUT2D eigenvalue weighted by Gasteiger charge is -2.21. The summed E-state index contributed by atoms with van der Waals surface area (Å²) in [7, 11) is 3.27. The maximum atomic E-state index is 12.2. The summed E-state index contributed by atoms with van der Waals surface area (Å²) in [5.74, 6) is -0.593. The lowest BCUT2D eigenvalue weighted by atomic mass is 10.2. The van der Waals surface area contributed by atoms with Gasteiger partial charge in [-0.25, -0.2) is 0 Å². The van der Waals surface area contributed by atoms with E-state index in [1.54, 1.807) is 19.0 Å². The number of aryl methyl sites for hydroxylation is 1. The average molecular weight is 348 g/mol. The third-order valence-electron chi connectivity index (χ3n) is 3.53. The van der Waals surface area contributed by atoms with Crippen LogP contribution < -0.4 is 10.6 Å². The fraction of sp³-hybridized carbons (Fsp3) is 0.500. The van der Waals surface area contributed by atoms with Crippen molar-refractivity contribution in [1.82, 2.24) is 15.1 Å². The van der Waals surface area contributed by atoms with Crippen molar-refractivity contribution in [3.8, 4) is 0 Å². The van der Waals surface area contributed by atoms with Crippen LogP contribution in [-0.2, 0) is 14.4 Å². The minimum Gasteiger partial charge on any atom is -0.355 e. The molecule has 0 aliphatic heterocycles. The van der Waals surface area contributed by atoms with Crippen LogP contribution in [0.5, 0.6) is 0 Å². The number of nitrogens with zero attached hydrogens (tertiary/aromatic N) is 2. The zero-order chi connectivity index (χ0) is 18.8. The van der Waals surface area contributed by atoms with Crippen LogP contribution in [0.25, 0.3) is 0 Å². The first-order valence-corrected chi connectivity index (χ1v) is 8.37. The molecule has 0 aromatic heterocycles. The maximum absolute atomic E-state index is 12.2. The molecule has 1 aromatic rings. The van der Waals surface area contributed by atoms with Gasteiger partial charge in [-0.1, -0.05) is 24.6 Å². The van der Waals surface area contributed by atoms with Gasteiger partial charge in [0, 0.05) is 19.3 Å². The summed E-state index contributed by atoms with van der Waals surface area (Å²) in [6.07, 6.45) is 0.868. The van der Waals surface area contributed by atoms with E-state index >= 15 is 0 Å². The quantitative estimate of drug-likeness (QED) is 0.693. The van der Waals surface area contributed by atoms with Gasteiger partial charge in [-0.05, 0) is 32.5 Å². The number of hydrogen-bond donors (Lipinski definition) is 2. The van der Waals surface area contributed by atoms with Crippen molar-refractivity contribution in [3.63, 3.8) is 0 Å². The van der Waals surface area contributed by atoms with Crippen molar-refractivity contribution in [2.24, 2.45) is 0 Å². The van der Waals surface area contributed by atoms with Crippen molar-refractivity contribution >= 4 is 23.4 Å². The lowest BCUT2D eigenvalue weighted by molar-refractivity contribution is -0.134. The van der Waals surface area contributed by atoms with Gasteiger partial charge in [0.25, 0.3) is 0 Å². The third-order valence-corrected chi connectivity index (χ3v) is 3.53. The number of hydrogen-bond acceptors (Lipinski definition) is 4. The van der Waals surface area contributed by atoms with Gasteiger partial charge in [0.15, 0.2) is 0 Å². The molecule has 138 valence electrons. The number of anilines is 1. The summed E-state index contributed by atoms with van der Waals surface area (Å²) >= 11 is 0. The SMILES string of the molecule is CCCNC(=O)CN(C)CC(=O)N(C)CC(=O)Nc1ccc(C)cc1. The number of nitrogens with one attached hydrogen (secondary N) is 2. The summed E-state index contributed by atoms with van der Waals surface area (Å²) in [5.41, 5.74) is 1.80. The number of carbonyl (C=O) groups excluding carboxylic acids is 3. The van der Waals surface area contributed by atoms with Crippen LogP contribution in [0, 0.1) is 6.92 Å². The average Bonchev–Trinajstić information content (AvgIpc) is 2.54. The number of carbonyl (C=O) groups is 3. The van der Waals surface area contributed by atoms with E-state index in [1.165, 1.54) is 4.90 Å². The van der Waals surface area contributed by atoms with E-state index in [2.05, 4.69) is 10.6 Å². The fourth-order valence-corrected chi connectivity index (χ4v) is 2.11. The Bertz CT molecular complexity index is 586. The first kappa shape index (κ1) is 20.6. The molecule has 0 aliphatic rings. The second-order valence-electron chi connectivity index (χ2n) is 6.19. The Morgan fingerprint density at radius 1 is 0.960 bits per heavy atom. The Labute approximate surface area is 149 Å². The highest BCUT2D eigenvalue weighted by Gasteiger charge is 2.16. The van der Waals surface area contributed by atoms with E-state index < -0.39 is 0 Å². The third kappa shape index (κ3) is 8.30. The van der Waals surface area contributed by atoms with Gasteiger partial charge < -0.3 is 15.5 Å². The predicted octanol–water partition coefficient (Wildman–Crippen LogP) is 0.850. The molecule has 3 amide bonds. The van der Waals surface area contributed by atoms with Crippen LogP contribution in [-0.4, -0.2) is 67.8 Å². The molecule has 1 rings (SSSR count). The Morgan fingerprint density at radius 2 is 1.60 bits per heavy atom. The smallest absolute Gasteiger partial charge is 0.243 e. The summed E-state index contributed by atoms with van der Waals surface area (Å²) in [5, 5.41) is 5.51.